The van der Waals surface area contributed by atoms with E-state index < -0.39 is 0 Å². The van der Waals surface area contributed by atoms with E-state index in [0.717, 1.165) is 11.0 Å². The molecule has 0 fully saturated rings. The van der Waals surface area contributed by atoms with Crippen molar-refractivity contribution in [3.05, 3.63) is 48.2 Å². The van der Waals surface area contributed by atoms with Crippen LogP contribution in [0.2, 0.25) is 0 Å². The van der Waals surface area contributed by atoms with E-state index in [2.05, 4.69) is 15.3 Å². The first-order valence-electron chi connectivity index (χ1n) is 8.07. The number of ether oxygens (including phenoxy) is 2. The lowest BCUT2D eigenvalue weighted by Crippen LogP contribution is -2.13. The van der Waals surface area contributed by atoms with Gasteiger partial charge in [-0.1, -0.05) is 12.1 Å². The summed E-state index contributed by atoms with van der Waals surface area (Å²) in [6.07, 6.45) is 0.606. The van der Waals surface area contributed by atoms with Gasteiger partial charge in [0.15, 0.2) is 11.5 Å². The van der Waals surface area contributed by atoms with Crippen LogP contribution in [0.15, 0.2) is 42.5 Å². The molecule has 0 saturated carbocycles. The number of aromatic hydroxyl groups is 1. The Morgan fingerprint density at radius 1 is 1.08 bits per heavy atom. The summed E-state index contributed by atoms with van der Waals surface area (Å²) < 4.78 is 10.3. The van der Waals surface area contributed by atoms with Gasteiger partial charge in [0.1, 0.15) is 5.69 Å². The highest BCUT2D eigenvalue weighted by molar-refractivity contribution is 5.91. The number of carbonyl (C=O) groups is 1. The number of anilines is 1. The van der Waals surface area contributed by atoms with Gasteiger partial charge in [0.2, 0.25) is 11.8 Å². The normalized spacial score (nSPS) is 10.5. The summed E-state index contributed by atoms with van der Waals surface area (Å²) in [5.74, 6) is 0.545. The van der Waals surface area contributed by atoms with Crippen molar-refractivity contribution in [2.45, 2.75) is 12.8 Å². The van der Waals surface area contributed by atoms with Crippen molar-refractivity contribution in [3.63, 3.8) is 0 Å². The summed E-state index contributed by atoms with van der Waals surface area (Å²) in [6, 6.07) is 12.1. The summed E-state index contributed by atoms with van der Waals surface area (Å²) in [5, 5.41) is 12.4. The molecular weight excluding hydrogens is 334 g/mol. The molecule has 0 radical (unpaired) electrons. The van der Waals surface area contributed by atoms with Crippen LogP contribution in [0.25, 0.3) is 11.0 Å². The second-order valence-corrected chi connectivity index (χ2v) is 5.60. The van der Waals surface area contributed by atoms with Gasteiger partial charge in [-0.15, -0.1) is 0 Å². The zero-order valence-corrected chi connectivity index (χ0v) is 14.5. The maximum Gasteiger partial charge on any atom is 0.235 e. The standard InChI is InChI=1S/C19H19N3O4/c1-25-17-11-12(7-9-16(17)23)20-18(24)10-8-15-19(26-2)22-14-6-4-3-5-13(14)21-15/h3-7,9,11,23H,8,10H2,1-2H3,(H,20,24). The fourth-order valence-corrected chi connectivity index (χ4v) is 2.56. The maximum absolute atomic E-state index is 12.2. The van der Waals surface area contributed by atoms with Gasteiger partial charge in [-0.25, -0.2) is 9.97 Å². The van der Waals surface area contributed by atoms with E-state index in [1.165, 1.54) is 20.3 Å². The van der Waals surface area contributed by atoms with Crippen LogP contribution in [0, 0.1) is 0 Å². The number of para-hydroxylation sites is 2. The van der Waals surface area contributed by atoms with Crippen molar-refractivity contribution < 1.29 is 19.4 Å². The topological polar surface area (TPSA) is 93.6 Å². The van der Waals surface area contributed by atoms with Crippen molar-refractivity contribution in [1.82, 2.24) is 9.97 Å². The van der Waals surface area contributed by atoms with Crippen LogP contribution in [0.1, 0.15) is 12.1 Å². The molecule has 134 valence electrons. The van der Waals surface area contributed by atoms with Crippen LogP contribution < -0.4 is 14.8 Å². The SMILES string of the molecule is COc1cc(NC(=O)CCc2nc3ccccc3nc2OC)ccc1O. The van der Waals surface area contributed by atoms with E-state index >= 15 is 0 Å². The molecule has 2 aromatic carbocycles. The molecule has 0 bridgehead atoms. The number of nitrogens with zero attached hydrogens (tertiary/aromatic N) is 2. The first-order valence-corrected chi connectivity index (χ1v) is 8.07. The second kappa shape index (κ2) is 7.69. The number of aryl methyl sites for hydroxylation is 1. The Morgan fingerprint density at radius 2 is 1.81 bits per heavy atom. The van der Waals surface area contributed by atoms with Crippen molar-refractivity contribution >= 4 is 22.6 Å². The molecule has 0 unspecified atom stereocenters. The minimum Gasteiger partial charge on any atom is -0.504 e. The van der Waals surface area contributed by atoms with Gasteiger partial charge in [-0.3, -0.25) is 4.79 Å². The number of hydrogen-bond donors (Lipinski definition) is 2. The molecule has 0 spiro atoms. The lowest BCUT2D eigenvalue weighted by Gasteiger charge is -2.10. The summed E-state index contributed by atoms with van der Waals surface area (Å²) in [4.78, 5) is 21.2. The zero-order valence-electron chi connectivity index (χ0n) is 14.5. The largest absolute Gasteiger partial charge is 0.504 e. The summed E-state index contributed by atoms with van der Waals surface area (Å²) in [5.41, 5.74) is 2.67. The molecule has 1 aromatic heterocycles. The molecule has 7 heteroatoms. The number of methoxy groups -OCH3 is 2. The van der Waals surface area contributed by atoms with E-state index in [1.54, 1.807) is 12.1 Å². The number of benzene rings is 2. The fourth-order valence-electron chi connectivity index (χ4n) is 2.56. The molecule has 7 nitrogen and oxygen atoms in total. The zero-order chi connectivity index (χ0) is 18.5. The van der Waals surface area contributed by atoms with Crippen LogP contribution in [-0.4, -0.2) is 35.2 Å². The van der Waals surface area contributed by atoms with E-state index in [0.29, 0.717) is 29.4 Å². The number of amides is 1. The Balaban J connectivity index is 1.70. The van der Waals surface area contributed by atoms with E-state index in [1.807, 2.05) is 24.3 Å². The molecular formula is C19H19N3O4. The number of nitrogens with one attached hydrogen (secondary N) is 1. The first-order chi connectivity index (χ1) is 12.6. The highest BCUT2D eigenvalue weighted by atomic mass is 16.5. The Morgan fingerprint density at radius 3 is 2.50 bits per heavy atom. The number of phenols is 1. The maximum atomic E-state index is 12.2. The van der Waals surface area contributed by atoms with Crippen LogP contribution in [0.4, 0.5) is 5.69 Å². The predicted molar refractivity (Wildman–Crippen MR) is 97.7 cm³/mol. The molecule has 0 aliphatic carbocycles. The minimum atomic E-state index is -0.185. The smallest absolute Gasteiger partial charge is 0.235 e. The van der Waals surface area contributed by atoms with E-state index in [9.17, 15) is 9.90 Å². The van der Waals surface area contributed by atoms with Crippen LogP contribution >= 0.6 is 0 Å². The van der Waals surface area contributed by atoms with Gasteiger partial charge < -0.3 is 19.9 Å². The average Bonchev–Trinajstić information content (AvgIpc) is 2.67. The summed E-state index contributed by atoms with van der Waals surface area (Å²) in [6.45, 7) is 0. The number of fused-ring (bicyclic) bond motifs is 1. The Bertz CT molecular complexity index is 943. The molecule has 26 heavy (non-hydrogen) atoms. The van der Waals surface area contributed by atoms with E-state index in [-0.39, 0.29) is 18.1 Å². The number of phenolic OH excluding ortho intramolecular Hbond substituents is 1. The predicted octanol–water partition coefficient (Wildman–Crippen LogP) is 2.92. The Hall–Kier alpha value is -3.35. The van der Waals surface area contributed by atoms with Gasteiger partial charge >= 0.3 is 0 Å². The lowest BCUT2D eigenvalue weighted by molar-refractivity contribution is -0.116. The number of aromatic nitrogens is 2. The Kier molecular flexibility index (Phi) is 5.17. The molecule has 3 rings (SSSR count). The van der Waals surface area contributed by atoms with Crippen LogP contribution in [0.3, 0.4) is 0 Å². The van der Waals surface area contributed by atoms with Crippen molar-refractivity contribution in [2.75, 3.05) is 19.5 Å². The quantitative estimate of drug-likeness (QED) is 0.662. The van der Waals surface area contributed by atoms with Crippen LogP contribution in [-0.2, 0) is 11.2 Å². The molecule has 3 aromatic rings. The third-order valence-electron chi connectivity index (χ3n) is 3.85. The van der Waals surface area contributed by atoms with Crippen molar-refractivity contribution in [2.24, 2.45) is 0 Å². The minimum absolute atomic E-state index is 0.0154. The molecule has 1 amide bonds. The molecule has 0 atom stereocenters. The van der Waals surface area contributed by atoms with Gasteiger partial charge in [-0.05, 0) is 24.3 Å². The molecule has 0 aliphatic heterocycles. The Labute approximate surface area is 150 Å². The van der Waals surface area contributed by atoms with Gasteiger partial charge in [0, 0.05) is 24.6 Å². The third-order valence-corrected chi connectivity index (χ3v) is 3.85. The highest BCUT2D eigenvalue weighted by Gasteiger charge is 2.12. The second-order valence-electron chi connectivity index (χ2n) is 5.60. The summed E-state index contributed by atoms with van der Waals surface area (Å²) >= 11 is 0. The van der Waals surface area contributed by atoms with Gasteiger partial charge in [0.05, 0.1) is 25.3 Å². The van der Waals surface area contributed by atoms with Gasteiger partial charge in [0.25, 0.3) is 0 Å². The molecule has 0 saturated heterocycles. The first kappa shape index (κ1) is 17.5. The monoisotopic (exact) mass is 353 g/mol. The van der Waals surface area contributed by atoms with Gasteiger partial charge in [-0.2, -0.15) is 0 Å². The lowest BCUT2D eigenvalue weighted by atomic mass is 10.2. The third kappa shape index (κ3) is 3.83. The number of rotatable bonds is 6. The fraction of sp³-hybridized carbons (Fsp3) is 0.211. The van der Waals surface area contributed by atoms with Crippen molar-refractivity contribution in [3.8, 4) is 17.4 Å². The van der Waals surface area contributed by atoms with E-state index in [4.69, 9.17) is 9.47 Å². The molecule has 2 N–H and O–H groups in total. The molecule has 0 aliphatic rings. The average molecular weight is 353 g/mol. The highest BCUT2D eigenvalue weighted by Crippen LogP contribution is 2.28. The number of carbonyl (C=O) groups excluding carboxylic acids is 1. The van der Waals surface area contributed by atoms with Crippen molar-refractivity contribution in [1.29, 1.82) is 0 Å². The van der Waals surface area contributed by atoms with Crippen LogP contribution in [0.5, 0.6) is 17.4 Å². The molecule has 1 heterocycles. The number of hydrogen-bond acceptors (Lipinski definition) is 6. The summed E-state index contributed by atoms with van der Waals surface area (Å²) in [7, 11) is 2.98.